The lowest BCUT2D eigenvalue weighted by Gasteiger charge is -2.27. The van der Waals surface area contributed by atoms with E-state index in [1.807, 2.05) is 0 Å². The number of rotatable bonds is 4. The van der Waals surface area contributed by atoms with Gasteiger partial charge < -0.3 is 10.6 Å². The largest absolute Gasteiger partial charge is 0.406 e. The first-order valence-corrected chi connectivity index (χ1v) is 6.30. The van der Waals surface area contributed by atoms with Crippen LogP contribution in [0.2, 0.25) is 0 Å². The Morgan fingerprint density at radius 1 is 1.25 bits per heavy atom. The molecule has 0 radical (unpaired) electrons. The molecule has 1 aromatic rings. The first-order valence-electron chi connectivity index (χ1n) is 5.89. The number of thiocarbonyl (C=S) groups is 1. The van der Waals surface area contributed by atoms with E-state index < -0.39 is 24.7 Å². The third kappa shape index (κ3) is 4.48. The molecule has 0 saturated carbocycles. The van der Waals surface area contributed by atoms with Gasteiger partial charge in [-0.3, -0.25) is 4.79 Å². The molecule has 3 nitrogen and oxygen atoms in total. The van der Waals surface area contributed by atoms with Gasteiger partial charge in [0.15, 0.2) is 0 Å². The van der Waals surface area contributed by atoms with Crippen molar-refractivity contribution in [2.45, 2.75) is 26.1 Å². The van der Waals surface area contributed by atoms with Gasteiger partial charge in [-0.1, -0.05) is 24.4 Å². The highest BCUT2D eigenvalue weighted by Crippen LogP contribution is 2.20. The molecule has 2 N–H and O–H groups in total. The molecule has 1 amide bonds. The summed E-state index contributed by atoms with van der Waals surface area (Å²) in [6.07, 6.45) is -4.43. The van der Waals surface area contributed by atoms with Gasteiger partial charge in [0.1, 0.15) is 11.5 Å². The summed E-state index contributed by atoms with van der Waals surface area (Å²) < 4.78 is 37.5. The van der Waals surface area contributed by atoms with Crippen LogP contribution in [0.25, 0.3) is 0 Å². The minimum absolute atomic E-state index is 0.167. The van der Waals surface area contributed by atoms with E-state index in [1.165, 1.54) is 38.1 Å². The summed E-state index contributed by atoms with van der Waals surface area (Å²) in [4.78, 5) is 13.0. The van der Waals surface area contributed by atoms with Crippen LogP contribution in [0.1, 0.15) is 29.8 Å². The van der Waals surface area contributed by atoms with Crippen molar-refractivity contribution in [3.63, 3.8) is 0 Å². The van der Waals surface area contributed by atoms with Crippen LogP contribution in [0.5, 0.6) is 0 Å². The van der Waals surface area contributed by atoms with Crippen LogP contribution in [0, 0.1) is 0 Å². The Morgan fingerprint density at radius 2 is 1.70 bits per heavy atom. The Hall–Kier alpha value is -1.63. The number of alkyl halides is 3. The molecule has 0 heterocycles. The van der Waals surface area contributed by atoms with E-state index >= 15 is 0 Å². The predicted molar refractivity (Wildman–Crippen MR) is 74.6 cm³/mol. The summed E-state index contributed by atoms with van der Waals surface area (Å²) >= 11 is 4.77. The van der Waals surface area contributed by atoms with Crippen LogP contribution in [0.3, 0.4) is 0 Å². The summed E-state index contributed by atoms with van der Waals surface area (Å²) in [5, 5.41) is 0. The van der Waals surface area contributed by atoms with Gasteiger partial charge in [0.25, 0.3) is 5.91 Å². The summed E-state index contributed by atoms with van der Waals surface area (Å²) in [5.74, 6) is -0.674. The van der Waals surface area contributed by atoms with E-state index in [1.54, 1.807) is 0 Å². The number of carbonyl (C=O) groups is 1. The molecular weight excluding hydrogens is 289 g/mol. The number of carbonyl (C=O) groups excluding carboxylic acids is 1. The van der Waals surface area contributed by atoms with Crippen molar-refractivity contribution < 1.29 is 18.0 Å². The maximum Gasteiger partial charge on any atom is 0.406 e. The lowest BCUT2D eigenvalue weighted by molar-refractivity contribution is -0.143. The fourth-order valence-electron chi connectivity index (χ4n) is 1.62. The standard InChI is InChI=1S/C13H15F3N2OS/c1-8(2)18(7-13(14,15)16)12(19)10-5-3-9(4-6-10)11(17)20/h3-6,8H,7H2,1-2H3,(H2,17,20). The average Bonchev–Trinajstić information content (AvgIpc) is 2.34. The SMILES string of the molecule is CC(C)N(CC(F)(F)F)C(=O)c1ccc(C(N)=S)cc1. The quantitative estimate of drug-likeness (QED) is 0.870. The van der Waals surface area contributed by atoms with Crippen molar-refractivity contribution in [1.29, 1.82) is 0 Å². The van der Waals surface area contributed by atoms with Gasteiger partial charge in [-0.05, 0) is 26.0 Å². The van der Waals surface area contributed by atoms with Crippen molar-refractivity contribution in [3.05, 3.63) is 35.4 Å². The number of benzene rings is 1. The third-order valence-corrected chi connectivity index (χ3v) is 2.89. The van der Waals surface area contributed by atoms with E-state index in [0.717, 1.165) is 4.90 Å². The second-order valence-electron chi connectivity index (χ2n) is 4.58. The Bertz CT molecular complexity index is 497. The highest BCUT2D eigenvalue weighted by molar-refractivity contribution is 7.80. The molecule has 0 aliphatic carbocycles. The summed E-state index contributed by atoms with van der Waals surface area (Å²) in [5.41, 5.74) is 6.15. The molecule has 0 atom stereocenters. The van der Waals surface area contributed by atoms with E-state index in [-0.39, 0.29) is 10.6 Å². The minimum Gasteiger partial charge on any atom is -0.389 e. The van der Waals surface area contributed by atoms with Gasteiger partial charge in [-0.25, -0.2) is 0 Å². The maximum atomic E-state index is 12.5. The molecule has 1 aromatic carbocycles. The summed E-state index contributed by atoms with van der Waals surface area (Å²) in [6.45, 7) is 1.79. The average molecular weight is 304 g/mol. The fraction of sp³-hybridized carbons (Fsp3) is 0.385. The number of hydrogen-bond donors (Lipinski definition) is 1. The van der Waals surface area contributed by atoms with E-state index in [0.29, 0.717) is 5.56 Å². The van der Waals surface area contributed by atoms with Gasteiger partial charge in [0.2, 0.25) is 0 Å². The molecule has 7 heteroatoms. The molecule has 1 rings (SSSR count). The highest BCUT2D eigenvalue weighted by Gasteiger charge is 2.34. The maximum absolute atomic E-state index is 12.5. The summed E-state index contributed by atoms with van der Waals surface area (Å²) in [6, 6.07) is 5.31. The zero-order chi connectivity index (χ0) is 15.5. The normalized spacial score (nSPS) is 11.5. The van der Waals surface area contributed by atoms with Crippen LogP contribution in [-0.4, -0.2) is 34.6 Å². The van der Waals surface area contributed by atoms with Crippen molar-refractivity contribution in [2.75, 3.05) is 6.54 Å². The van der Waals surface area contributed by atoms with Gasteiger partial charge in [-0.2, -0.15) is 13.2 Å². The van der Waals surface area contributed by atoms with Gasteiger partial charge >= 0.3 is 6.18 Å². The Kier molecular flexibility index (Phi) is 5.10. The smallest absolute Gasteiger partial charge is 0.389 e. The second-order valence-corrected chi connectivity index (χ2v) is 5.02. The zero-order valence-electron chi connectivity index (χ0n) is 11.1. The van der Waals surface area contributed by atoms with Crippen LogP contribution in [0.15, 0.2) is 24.3 Å². The number of nitrogens with zero attached hydrogens (tertiary/aromatic N) is 1. The Balaban J connectivity index is 2.98. The van der Waals surface area contributed by atoms with Gasteiger partial charge in [0, 0.05) is 17.2 Å². The molecule has 0 bridgehead atoms. The predicted octanol–water partition coefficient (Wildman–Crippen LogP) is 2.73. The number of nitrogens with two attached hydrogens (primary N) is 1. The Morgan fingerprint density at radius 3 is 2.05 bits per heavy atom. The topological polar surface area (TPSA) is 46.3 Å². The van der Waals surface area contributed by atoms with Crippen LogP contribution >= 0.6 is 12.2 Å². The van der Waals surface area contributed by atoms with Crippen molar-refractivity contribution in [1.82, 2.24) is 4.90 Å². The van der Waals surface area contributed by atoms with E-state index in [4.69, 9.17) is 18.0 Å². The van der Waals surface area contributed by atoms with Gasteiger partial charge in [-0.15, -0.1) is 0 Å². The minimum atomic E-state index is -4.43. The van der Waals surface area contributed by atoms with Crippen LogP contribution in [-0.2, 0) is 0 Å². The van der Waals surface area contributed by atoms with Crippen molar-refractivity contribution in [3.8, 4) is 0 Å². The fourth-order valence-corrected chi connectivity index (χ4v) is 1.76. The second kappa shape index (κ2) is 6.21. The first-order chi connectivity index (χ1) is 9.11. The molecule has 0 aliphatic heterocycles. The van der Waals surface area contributed by atoms with Gasteiger partial charge in [0.05, 0.1) is 0 Å². The molecule has 110 valence electrons. The van der Waals surface area contributed by atoms with Crippen molar-refractivity contribution >= 4 is 23.1 Å². The number of halogens is 3. The molecule has 20 heavy (non-hydrogen) atoms. The zero-order valence-corrected chi connectivity index (χ0v) is 11.9. The molecule has 0 fully saturated rings. The Labute approximate surface area is 120 Å². The molecule has 0 aromatic heterocycles. The van der Waals surface area contributed by atoms with Crippen molar-refractivity contribution in [2.24, 2.45) is 5.73 Å². The lowest BCUT2D eigenvalue weighted by atomic mass is 10.1. The molecule has 0 spiro atoms. The van der Waals surface area contributed by atoms with E-state index in [9.17, 15) is 18.0 Å². The molecule has 0 unspecified atom stereocenters. The number of amides is 1. The lowest BCUT2D eigenvalue weighted by Crippen LogP contribution is -2.43. The third-order valence-electron chi connectivity index (χ3n) is 2.65. The van der Waals surface area contributed by atoms with Crippen LogP contribution in [0.4, 0.5) is 13.2 Å². The van der Waals surface area contributed by atoms with Crippen LogP contribution < -0.4 is 5.73 Å². The molecule has 0 saturated heterocycles. The molecular formula is C13H15F3N2OS. The number of hydrogen-bond acceptors (Lipinski definition) is 2. The molecule has 0 aliphatic rings. The first kappa shape index (κ1) is 16.4. The monoisotopic (exact) mass is 304 g/mol. The highest BCUT2D eigenvalue weighted by atomic mass is 32.1. The van der Waals surface area contributed by atoms with E-state index in [2.05, 4.69) is 0 Å². The summed E-state index contributed by atoms with van der Waals surface area (Å²) in [7, 11) is 0.